The van der Waals surface area contributed by atoms with Crippen molar-refractivity contribution in [1.82, 2.24) is 0 Å². The molecule has 0 aromatic rings. The van der Waals surface area contributed by atoms with Gasteiger partial charge in [-0.1, -0.05) is 25.7 Å². The Morgan fingerprint density at radius 1 is 1.05 bits per heavy atom. The second-order valence-electron chi connectivity index (χ2n) is 6.14. The zero-order chi connectivity index (χ0) is 16.5. The van der Waals surface area contributed by atoms with Crippen LogP contribution in [0.15, 0.2) is 0 Å². The van der Waals surface area contributed by atoms with Crippen LogP contribution in [0.4, 0.5) is 8.78 Å². The van der Waals surface area contributed by atoms with Gasteiger partial charge >= 0.3 is 11.2 Å². The first-order chi connectivity index (χ1) is 9.57. The normalized spacial score (nSPS) is 14.0. The maximum atomic E-state index is 12.8. The molecule has 0 aliphatic heterocycles. The maximum Gasteiger partial charge on any atom is 0.345 e. The minimum absolute atomic E-state index is 0.221. The van der Waals surface area contributed by atoms with Crippen molar-refractivity contribution < 1.29 is 27.1 Å². The van der Waals surface area contributed by atoms with Crippen LogP contribution in [0.25, 0.3) is 0 Å². The van der Waals surface area contributed by atoms with Crippen LogP contribution in [0.3, 0.4) is 0 Å². The van der Waals surface area contributed by atoms with E-state index in [1.54, 1.807) is 20.8 Å². The summed E-state index contributed by atoms with van der Waals surface area (Å²) in [4.78, 5) is 11.4. The van der Waals surface area contributed by atoms with Gasteiger partial charge in [0.25, 0.3) is 0 Å². The molecule has 0 bridgehead atoms. The zero-order valence-corrected chi connectivity index (χ0v) is 13.8. The molecule has 0 aromatic carbocycles. The van der Waals surface area contributed by atoms with Gasteiger partial charge in [-0.15, -0.1) is 0 Å². The lowest BCUT2D eigenvalue weighted by Gasteiger charge is -2.16. The van der Waals surface area contributed by atoms with E-state index in [0.29, 0.717) is 13.0 Å². The largest absolute Gasteiger partial charge is 0.465 e. The molecule has 7 heteroatoms. The predicted octanol–water partition coefficient (Wildman–Crippen LogP) is 4.12. The van der Waals surface area contributed by atoms with Crippen LogP contribution in [0.5, 0.6) is 0 Å². The average molecular weight is 328 g/mol. The molecule has 21 heavy (non-hydrogen) atoms. The van der Waals surface area contributed by atoms with Gasteiger partial charge in [0.1, 0.15) is 0 Å². The van der Waals surface area contributed by atoms with Crippen LogP contribution in [-0.4, -0.2) is 26.6 Å². The van der Waals surface area contributed by atoms with Crippen LogP contribution < -0.4 is 0 Å². The van der Waals surface area contributed by atoms with Crippen molar-refractivity contribution in [3.05, 3.63) is 0 Å². The Hall–Kier alpha value is -0.560. The summed E-state index contributed by atoms with van der Waals surface area (Å²) in [5.41, 5.74) is -0.488. The van der Waals surface area contributed by atoms with Crippen LogP contribution >= 0.6 is 0 Å². The molecule has 1 unspecified atom stereocenters. The van der Waals surface area contributed by atoms with E-state index in [2.05, 4.69) is 0 Å². The Morgan fingerprint density at radius 3 is 2.00 bits per heavy atom. The molecule has 4 nitrogen and oxygen atoms in total. The minimum Gasteiger partial charge on any atom is -0.465 e. The molecule has 0 aliphatic carbocycles. The summed E-state index contributed by atoms with van der Waals surface area (Å²) in [6, 6.07) is 0. The van der Waals surface area contributed by atoms with Gasteiger partial charge in [0.15, 0.2) is 0 Å². The highest BCUT2D eigenvalue weighted by Gasteiger charge is 2.35. The van der Waals surface area contributed by atoms with Crippen molar-refractivity contribution in [2.45, 2.75) is 71.0 Å². The fraction of sp³-hybridized carbons (Fsp3) is 0.929. The summed E-state index contributed by atoms with van der Waals surface area (Å²) in [7, 11) is 0. The average Bonchev–Trinajstić information content (AvgIpc) is 2.35. The Labute approximate surface area is 127 Å². The number of carbonyl (C=O) groups excluding carboxylic acids is 1. The molecule has 0 rings (SSSR count). The molecule has 1 N–H and O–H groups in total. The number of halogens is 2. The Bertz CT molecular complexity index is 340. The summed E-state index contributed by atoms with van der Waals surface area (Å²) < 4.78 is 49.4. The summed E-state index contributed by atoms with van der Waals surface area (Å²) >= 11 is -3.08. The third-order valence-corrected chi connectivity index (χ3v) is 3.68. The van der Waals surface area contributed by atoms with E-state index in [0.717, 1.165) is 25.7 Å². The summed E-state index contributed by atoms with van der Waals surface area (Å²) in [6.45, 7) is 5.78. The lowest BCUT2D eigenvalue weighted by molar-refractivity contribution is -0.153. The number of carbonyl (C=O) groups is 1. The van der Waals surface area contributed by atoms with Gasteiger partial charge in [0, 0.05) is 6.42 Å². The first-order valence-corrected chi connectivity index (χ1v) is 8.34. The number of esters is 1. The molecule has 0 aliphatic rings. The molecule has 0 saturated heterocycles. The lowest BCUT2D eigenvalue weighted by atomic mass is 9.97. The van der Waals surface area contributed by atoms with E-state index in [1.165, 1.54) is 0 Å². The predicted molar refractivity (Wildman–Crippen MR) is 78.5 cm³/mol. The van der Waals surface area contributed by atoms with E-state index in [1.807, 2.05) is 0 Å². The number of hydrogen-bond acceptors (Lipinski definition) is 3. The Morgan fingerprint density at radius 2 is 1.52 bits per heavy atom. The fourth-order valence-electron chi connectivity index (χ4n) is 1.61. The number of ether oxygens (including phenoxy) is 1. The van der Waals surface area contributed by atoms with E-state index in [-0.39, 0.29) is 12.4 Å². The monoisotopic (exact) mass is 328 g/mol. The SMILES string of the molecule is CC(C)(C)C(=O)OCCCCCCCCC(F)(F)S(=O)O. The highest BCUT2D eigenvalue weighted by atomic mass is 32.2. The molecule has 126 valence electrons. The molecule has 0 heterocycles. The van der Waals surface area contributed by atoms with E-state index in [4.69, 9.17) is 9.29 Å². The molecule has 0 spiro atoms. The minimum atomic E-state index is -3.50. The van der Waals surface area contributed by atoms with Crippen molar-refractivity contribution in [2.75, 3.05) is 6.61 Å². The molecule has 0 aromatic heterocycles. The number of rotatable bonds is 10. The lowest BCUT2D eigenvalue weighted by Crippen LogP contribution is -2.23. The number of hydrogen-bond donors (Lipinski definition) is 1. The standard InChI is InChI=1S/C14H26F2O4S/c1-13(2,3)12(17)20-11-9-7-5-4-6-8-10-14(15,16)21(18)19/h4-11H2,1-3H3,(H,18,19). The first-order valence-electron chi connectivity index (χ1n) is 7.23. The van der Waals surface area contributed by atoms with Crippen LogP contribution in [0.2, 0.25) is 0 Å². The Kier molecular flexibility index (Phi) is 9.20. The fourth-order valence-corrected chi connectivity index (χ4v) is 1.93. The van der Waals surface area contributed by atoms with Crippen molar-refractivity contribution in [1.29, 1.82) is 0 Å². The van der Waals surface area contributed by atoms with Gasteiger partial charge in [0.05, 0.1) is 12.0 Å². The van der Waals surface area contributed by atoms with Gasteiger partial charge in [0.2, 0.25) is 11.1 Å². The molecular formula is C14H26F2O4S. The third-order valence-electron chi connectivity index (χ3n) is 2.96. The highest BCUT2D eigenvalue weighted by Crippen LogP contribution is 2.25. The molecule has 0 amide bonds. The van der Waals surface area contributed by atoms with Crippen LogP contribution in [-0.2, 0) is 20.6 Å². The topological polar surface area (TPSA) is 63.6 Å². The Balaban J connectivity index is 3.46. The van der Waals surface area contributed by atoms with Crippen molar-refractivity contribution >= 4 is 17.0 Å². The second-order valence-corrected chi connectivity index (χ2v) is 7.24. The van der Waals surface area contributed by atoms with Crippen molar-refractivity contribution in [2.24, 2.45) is 5.41 Å². The van der Waals surface area contributed by atoms with Gasteiger partial charge in [-0.2, -0.15) is 8.78 Å². The van der Waals surface area contributed by atoms with Crippen molar-refractivity contribution in [3.63, 3.8) is 0 Å². The van der Waals surface area contributed by atoms with Crippen LogP contribution in [0, 0.1) is 5.41 Å². The zero-order valence-electron chi connectivity index (χ0n) is 13.0. The smallest absolute Gasteiger partial charge is 0.345 e. The molecule has 0 saturated carbocycles. The molecule has 1 atom stereocenters. The maximum absolute atomic E-state index is 12.8. The third kappa shape index (κ3) is 9.90. The second kappa shape index (κ2) is 9.46. The van der Waals surface area contributed by atoms with Gasteiger partial charge in [-0.3, -0.25) is 4.79 Å². The summed E-state index contributed by atoms with van der Waals surface area (Å²) in [6.07, 6.45) is 3.59. The van der Waals surface area contributed by atoms with Crippen LogP contribution in [0.1, 0.15) is 65.7 Å². The van der Waals surface area contributed by atoms with E-state index < -0.39 is 28.2 Å². The summed E-state index contributed by atoms with van der Waals surface area (Å²) in [5, 5.41) is -3.50. The molecular weight excluding hydrogens is 302 g/mol. The molecule has 0 radical (unpaired) electrons. The van der Waals surface area contributed by atoms with Gasteiger partial charge < -0.3 is 9.29 Å². The van der Waals surface area contributed by atoms with Gasteiger partial charge in [-0.05, 0) is 33.6 Å². The number of unbranched alkanes of at least 4 members (excludes halogenated alkanes) is 5. The van der Waals surface area contributed by atoms with Gasteiger partial charge in [-0.25, -0.2) is 4.21 Å². The molecule has 0 fully saturated rings. The quantitative estimate of drug-likeness (QED) is 0.372. The van der Waals surface area contributed by atoms with E-state index >= 15 is 0 Å². The van der Waals surface area contributed by atoms with E-state index in [9.17, 15) is 17.8 Å². The number of alkyl halides is 2. The highest BCUT2D eigenvalue weighted by molar-refractivity contribution is 7.80. The van der Waals surface area contributed by atoms with Crippen molar-refractivity contribution in [3.8, 4) is 0 Å². The first kappa shape index (κ1) is 20.4. The summed E-state index contributed by atoms with van der Waals surface area (Å²) in [5.74, 6) is -0.221.